The maximum absolute atomic E-state index is 13.4. The molecule has 196 valence electrons. The van der Waals surface area contributed by atoms with Crippen molar-refractivity contribution in [3.8, 4) is 22.6 Å². The summed E-state index contributed by atoms with van der Waals surface area (Å²) in [6, 6.07) is 17.1. The number of ether oxygens (including phenoxy) is 2. The SMILES string of the molecule is Cc1ccc(CC(=O)C2(c3ccc4c(c3)OCO4)CC2)cc1-c1ccc(S(=O)(=O)NC(CO)CO)cc1.[HH]. The number of fused-ring (bicyclic) bond motifs is 1. The Morgan fingerprint density at radius 2 is 1.70 bits per heavy atom. The first kappa shape index (κ1) is 25.4. The third kappa shape index (κ3) is 5.00. The van der Waals surface area contributed by atoms with Gasteiger partial charge in [-0.2, -0.15) is 0 Å². The summed E-state index contributed by atoms with van der Waals surface area (Å²) in [5.41, 5.74) is 4.11. The fourth-order valence-corrected chi connectivity index (χ4v) is 5.94. The predicted molar refractivity (Wildman–Crippen MR) is 139 cm³/mol. The second-order valence-electron chi connectivity index (χ2n) is 9.61. The molecule has 1 aliphatic carbocycles. The molecule has 2 aliphatic rings. The van der Waals surface area contributed by atoms with Crippen LogP contribution in [0.15, 0.2) is 65.6 Å². The number of benzene rings is 3. The smallest absolute Gasteiger partial charge is 0.240 e. The fraction of sp³-hybridized carbons (Fsp3) is 0.321. The van der Waals surface area contributed by atoms with Crippen molar-refractivity contribution in [2.75, 3.05) is 20.0 Å². The molecule has 1 saturated carbocycles. The summed E-state index contributed by atoms with van der Waals surface area (Å²) < 4.78 is 38.3. The molecular weight excluding hydrogens is 494 g/mol. The normalized spacial score (nSPS) is 15.7. The molecule has 0 amide bonds. The van der Waals surface area contributed by atoms with Crippen LogP contribution in [0, 0.1) is 6.92 Å². The number of sulfonamides is 1. The van der Waals surface area contributed by atoms with Gasteiger partial charge in [0.15, 0.2) is 11.5 Å². The van der Waals surface area contributed by atoms with Crippen molar-refractivity contribution in [2.24, 2.45) is 0 Å². The van der Waals surface area contributed by atoms with Crippen molar-refractivity contribution in [1.82, 2.24) is 4.72 Å². The molecule has 37 heavy (non-hydrogen) atoms. The Hall–Kier alpha value is -3.24. The Balaban J connectivity index is 0.00000336. The first-order chi connectivity index (χ1) is 17.8. The summed E-state index contributed by atoms with van der Waals surface area (Å²) in [5, 5.41) is 18.4. The molecule has 0 radical (unpaired) electrons. The molecule has 0 spiro atoms. The maximum atomic E-state index is 13.4. The number of Topliss-reactive ketones (excluding diaryl/α,β-unsaturated/α-hetero) is 1. The first-order valence-corrected chi connectivity index (χ1v) is 13.6. The van der Waals surface area contributed by atoms with Gasteiger partial charge in [0.25, 0.3) is 0 Å². The van der Waals surface area contributed by atoms with Gasteiger partial charge in [0, 0.05) is 7.85 Å². The number of rotatable bonds is 10. The van der Waals surface area contributed by atoms with Crippen LogP contribution in [0.25, 0.3) is 11.1 Å². The minimum Gasteiger partial charge on any atom is -0.454 e. The van der Waals surface area contributed by atoms with E-state index in [4.69, 9.17) is 9.47 Å². The summed E-state index contributed by atoms with van der Waals surface area (Å²) in [6.07, 6.45) is 1.91. The Morgan fingerprint density at radius 1 is 1.00 bits per heavy atom. The van der Waals surface area contributed by atoms with E-state index < -0.39 is 34.7 Å². The maximum Gasteiger partial charge on any atom is 0.240 e. The molecule has 3 aromatic rings. The largest absolute Gasteiger partial charge is 0.454 e. The van der Waals surface area contributed by atoms with Gasteiger partial charge >= 0.3 is 0 Å². The van der Waals surface area contributed by atoms with E-state index >= 15 is 0 Å². The minimum atomic E-state index is -3.89. The third-order valence-electron chi connectivity index (χ3n) is 7.11. The number of aliphatic hydroxyl groups is 2. The second-order valence-corrected chi connectivity index (χ2v) is 11.3. The number of carbonyl (C=O) groups is 1. The number of hydrogen-bond acceptors (Lipinski definition) is 7. The first-order valence-electron chi connectivity index (χ1n) is 12.1. The van der Waals surface area contributed by atoms with Gasteiger partial charge in [-0.05, 0) is 71.8 Å². The molecular formula is C28H31NO7S. The van der Waals surface area contributed by atoms with Crippen LogP contribution in [0.3, 0.4) is 0 Å². The molecule has 1 fully saturated rings. The zero-order valence-corrected chi connectivity index (χ0v) is 21.3. The average Bonchev–Trinajstić information content (AvgIpc) is 3.59. The number of carbonyl (C=O) groups excluding carboxylic acids is 1. The van der Waals surface area contributed by atoms with Crippen molar-refractivity contribution in [1.29, 1.82) is 0 Å². The van der Waals surface area contributed by atoms with E-state index in [1.807, 2.05) is 43.3 Å². The molecule has 3 aromatic carbocycles. The number of nitrogens with one attached hydrogen (secondary N) is 1. The van der Waals surface area contributed by atoms with E-state index in [0.29, 0.717) is 17.9 Å². The zero-order chi connectivity index (χ0) is 26.2. The van der Waals surface area contributed by atoms with Gasteiger partial charge in [-0.25, -0.2) is 13.1 Å². The van der Waals surface area contributed by atoms with Gasteiger partial charge in [-0.15, -0.1) is 0 Å². The van der Waals surface area contributed by atoms with E-state index in [1.54, 1.807) is 12.1 Å². The highest BCUT2D eigenvalue weighted by atomic mass is 32.2. The predicted octanol–water partition coefficient (Wildman–Crippen LogP) is 3.11. The van der Waals surface area contributed by atoms with Crippen molar-refractivity contribution < 1.29 is 34.3 Å². The molecule has 0 atom stereocenters. The topological polar surface area (TPSA) is 122 Å². The molecule has 0 aromatic heterocycles. The van der Waals surface area contributed by atoms with Crippen LogP contribution in [0.2, 0.25) is 0 Å². The highest BCUT2D eigenvalue weighted by Crippen LogP contribution is 2.51. The Labute approximate surface area is 217 Å². The third-order valence-corrected chi connectivity index (χ3v) is 8.65. The molecule has 9 heteroatoms. The second kappa shape index (κ2) is 9.90. The lowest BCUT2D eigenvalue weighted by atomic mass is 9.87. The number of hydrogen-bond donors (Lipinski definition) is 3. The van der Waals surface area contributed by atoms with Crippen LogP contribution in [0.5, 0.6) is 11.5 Å². The number of aryl methyl sites for hydroxylation is 1. The molecule has 1 aliphatic heterocycles. The van der Waals surface area contributed by atoms with Gasteiger partial charge in [-0.3, -0.25) is 4.79 Å². The monoisotopic (exact) mass is 525 g/mol. The van der Waals surface area contributed by atoms with Crippen molar-refractivity contribution >= 4 is 15.8 Å². The van der Waals surface area contributed by atoms with Crippen molar-refractivity contribution in [2.45, 2.75) is 42.5 Å². The van der Waals surface area contributed by atoms with Gasteiger partial charge in [0.2, 0.25) is 16.8 Å². The zero-order valence-electron chi connectivity index (χ0n) is 20.4. The Kier molecular flexibility index (Phi) is 6.80. The van der Waals surface area contributed by atoms with Gasteiger partial charge < -0.3 is 19.7 Å². The lowest BCUT2D eigenvalue weighted by Crippen LogP contribution is -2.39. The van der Waals surface area contributed by atoms with Gasteiger partial charge in [0.1, 0.15) is 5.78 Å². The summed E-state index contributed by atoms with van der Waals surface area (Å²) in [4.78, 5) is 13.5. The summed E-state index contributed by atoms with van der Waals surface area (Å²) in [5.74, 6) is 1.54. The van der Waals surface area contributed by atoms with Crippen molar-refractivity contribution in [3.05, 3.63) is 77.4 Å². The molecule has 0 bridgehead atoms. The van der Waals surface area contributed by atoms with E-state index in [2.05, 4.69) is 4.72 Å². The average molecular weight is 526 g/mol. The summed E-state index contributed by atoms with van der Waals surface area (Å²) in [7, 11) is -3.89. The van der Waals surface area contributed by atoms with E-state index in [9.17, 15) is 23.4 Å². The quantitative estimate of drug-likeness (QED) is 0.372. The van der Waals surface area contributed by atoms with Gasteiger partial charge in [-0.1, -0.05) is 36.4 Å². The van der Waals surface area contributed by atoms with Crippen LogP contribution in [-0.4, -0.2) is 50.5 Å². The lowest BCUT2D eigenvalue weighted by molar-refractivity contribution is -0.120. The van der Waals surface area contributed by atoms with E-state index in [-0.39, 0.29) is 18.9 Å². The highest BCUT2D eigenvalue weighted by Gasteiger charge is 2.50. The van der Waals surface area contributed by atoms with Crippen LogP contribution < -0.4 is 14.2 Å². The van der Waals surface area contributed by atoms with Crippen LogP contribution in [-0.2, 0) is 26.7 Å². The number of ketones is 1. The minimum absolute atomic E-state index is 0. The standard InChI is InChI=1S/C28H29NO7S.H2/c1-18-2-3-19(13-27(32)28(10-11-28)21-6-9-25-26(14-21)36-17-35-25)12-24(18)20-4-7-23(8-5-20)37(33,34)29-22(15-30)16-31;/h2-9,12,14,22,29-31H,10-11,13,15-17H2,1H3;1H. The molecule has 5 rings (SSSR count). The van der Waals surface area contributed by atoms with Crippen LogP contribution in [0.4, 0.5) is 0 Å². The van der Waals surface area contributed by atoms with Crippen molar-refractivity contribution in [3.63, 3.8) is 0 Å². The molecule has 0 saturated heterocycles. The Morgan fingerprint density at radius 3 is 2.38 bits per heavy atom. The molecule has 8 nitrogen and oxygen atoms in total. The fourth-order valence-electron chi connectivity index (χ4n) is 4.73. The molecule has 1 heterocycles. The lowest BCUT2D eigenvalue weighted by Gasteiger charge is -2.16. The van der Waals surface area contributed by atoms with Gasteiger partial charge in [0.05, 0.1) is 29.6 Å². The molecule has 3 N–H and O–H groups in total. The Bertz CT molecular complexity index is 1430. The summed E-state index contributed by atoms with van der Waals surface area (Å²) in [6.45, 7) is 1.15. The number of aliphatic hydroxyl groups excluding tert-OH is 2. The van der Waals surface area contributed by atoms with E-state index in [0.717, 1.165) is 40.7 Å². The molecule has 0 unspecified atom stereocenters. The van der Waals surface area contributed by atoms with Crippen LogP contribution >= 0.6 is 0 Å². The van der Waals surface area contributed by atoms with E-state index in [1.165, 1.54) is 12.1 Å². The highest BCUT2D eigenvalue weighted by molar-refractivity contribution is 7.89. The summed E-state index contributed by atoms with van der Waals surface area (Å²) >= 11 is 0. The van der Waals surface area contributed by atoms with Crippen LogP contribution in [0.1, 0.15) is 31.0 Å².